The molecule has 4 unspecified atom stereocenters. The van der Waals surface area contributed by atoms with E-state index in [9.17, 15) is 14.7 Å². The number of aliphatic carboxylic acids is 1. The highest BCUT2D eigenvalue weighted by atomic mass is 16.6. The molecule has 0 aliphatic carbocycles. The molecule has 23 heavy (non-hydrogen) atoms. The van der Waals surface area contributed by atoms with E-state index in [1.807, 2.05) is 19.1 Å². The summed E-state index contributed by atoms with van der Waals surface area (Å²) in [5, 5.41) is 9.43. The lowest BCUT2D eigenvalue weighted by molar-refractivity contribution is -0.159. The van der Waals surface area contributed by atoms with E-state index in [0.717, 1.165) is 6.42 Å². The molecule has 2 heterocycles. The van der Waals surface area contributed by atoms with Crippen LogP contribution in [0.3, 0.4) is 0 Å². The van der Waals surface area contributed by atoms with Crippen molar-refractivity contribution in [3.63, 3.8) is 0 Å². The smallest absolute Gasteiger partial charge is 0.326 e. The molecule has 0 aromatic heterocycles. The maximum Gasteiger partial charge on any atom is 0.326 e. The maximum absolute atomic E-state index is 12.9. The van der Waals surface area contributed by atoms with Crippen molar-refractivity contribution in [2.24, 2.45) is 5.92 Å². The summed E-state index contributed by atoms with van der Waals surface area (Å²) in [6.07, 6.45) is -0.0143. The molecule has 6 nitrogen and oxygen atoms in total. The first-order valence-corrected chi connectivity index (χ1v) is 7.93. The van der Waals surface area contributed by atoms with Gasteiger partial charge in [0, 0.05) is 6.54 Å². The number of carbonyl (C=O) groups excluding carboxylic acids is 1. The summed E-state index contributed by atoms with van der Waals surface area (Å²) in [7, 11) is 0. The average molecular weight is 319 g/mol. The van der Waals surface area contributed by atoms with Crippen molar-refractivity contribution in [1.82, 2.24) is 4.90 Å². The summed E-state index contributed by atoms with van der Waals surface area (Å²) in [6, 6.07) is 6.38. The van der Waals surface area contributed by atoms with Gasteiger partial charge in [0.05, 0.1) is 0 Å². The number of amides is 1. The number of rotatable bonds is 2. The van der Waals surface area contributed by atoms with Gasteiger partial charge >= 0.3 is 5.97 Å². The van der Waals surface area contributed by atoms with E-state index in [4.69, 9.17) is 9.47 Å². The molecule has 0 spiro atoms. The summed E-state index contributed by atoms with van der Waals surface area (Å²) in [4.78, 5) is 25.8. The first-order chi connectivity index (χ1) is 11.0. The van der Waals surface area contributed by atoms with Crippen LogP contribution in [0.15, 0.2) is 24.3 Å². The Labute approximate surface area is 135 Å². The number of benzene rings is 1. The van der Waals surface area contributed by atoms with E-state index >= 15 is 0 Å². The summed E-state index contributed by atoms with van der Waals surface area (Å²) >= 11 is 0. The summed E-state index contributed by atoms with van der Waals surface area (Å²) in [5.74, 6) is 0.134. The van der Waals surface area contributed by atoms with Gasteiger partial charge in [-0.2, -0.15) is 0 Å². The molecule has 3 rings (SSSR count). The van der Waals surface area contributed by atoms with Crippen molar-refractivity contribution in [1.29, 1.82) is 0 Å². The molecule has 4 atom stereocenters. The fourth-order valence-corrected chi connectivity index (χ4v) is 3.19. The molecule has 1 N–H and O–H groups in total. The van der Waals surface area contributed by atoms with Crippen molar-refractivity contribution in [2.45, 2.75) is 44.9 Å². The predicted molar refractivity (Wildman–Crippen MR) is 82.5 cm³/mol. The standard InChI is InChI=1S/C17H21NO5/c1-10-7-8-18(12(9-10)17(20)21)16(19)15-11(2)22-13-5-3-4-6-14(13)23-15/h3-6,10-12,15H,7-9H2,1-2H3,(H,20,21). The molecule has 1 saturated heterocycles. The van der Waals surface area contributed by atoms with Crippen LogP contribution in [0.25, 0.3) is 0 Å². The lowest BCUT2D eigenvalue weighted by atomic mass is 9.91. The molecule has 6 heteroatoms. The first-order valence-electron chi connectivity index (χ1n) is 7.93. The molecular weight excluding hydrogens is 298 g/mol. The summed E-state index contributed by atoms with van der Waals surface area (Å²) in [5.41, 5.74) is 0. The van der Waals surface area contributed by atoms with Crippen LogP contribution in [-0.4, -0.2) is 46.7 Å². The Morgan fingerprint density at radius 3 is 2.48 bits per heavy atom. The van der Waals surface area contributed by atoms with Crippen molar-refractivity contribution in [3.05, 3.63) is 24.3 Å². The Morgan fingerprint density at radius 1 is 1.17 bits per heavy atom. The number of ether oxygens (including phenoxy) is 2. The number of nitrogens with zero attached hydrogens (tertiary/aromatic N) is 1. The number of likely N-dealkylation sites (tertiary alicyclic amines) is 1. The van der Waals surface area contributed by atoms with Gasteiger partial charge < -0.3 is 19.5 Å². The van der Waals surface area contributed by atoms with Crippen LogP contribution in [0.5, 0.6) is 11.5 Å². The third-order valence-electron chi connectivity index (χ3n) is 4.52. The third kappa shape index (κ3) is 2.98. The van der Waals surface area contributed by atoms with Gasteiger partial charge in [0.1, 0.15) is 12.1 Å². The summed E-state index contributed by atoms with van der Waals surface area (Å²) < 4.78 is 11.6. The van der Waals surface area contributed by atoms with E-state index in [2.05, 4.69) is 0 Å². The zero-order chi connectivity index (χ0) is 16.6. The molecule has 1 aromatic carbocycles. The lowest BCUT2D eigenvalue weighted by Gasteiger charge is -2.40. The normalized spacial score (nSPS) is 29.9. The second kappa shape index (κ2) is 6.10. The fraction of sp³-hybridized carbons (Fsp3) is 0.529. The lowest BCUT2D eigenvalue weighted by Crippen LogP contribution is -2.57. The van der Waals surface area contributed by atoms with E-state index < -0.39 is 24.2 Å². The Kier molecular flexibility index (Phi) is 4.15. The predicted octanol–water partition coefficient (Wildman–Crippen LogP) is 1.93. The second-order valence-corrected chi connectivity index (χ2v) is 6.32. The van der Waals surface area contributed by atoms with Crippen molar-refractivity contribution < 1.29 is 24.2 Å². The molecule has 2 aliphatic heterocycles. The molecular formula is C17H21NO5. The second-order valence-electron chi connectivity index (χ2n) is 6.32. The number of carbonyl (C=O) groups is 2. The minimum atomic E-state index is -0.963. The Hall–Kier alpha value is -2.24. The van der Waals surface area contributed by atoms with Crippen molar-refractivity contribution >= 4 is 11.9 Å². The Balaban J connectivity index is 1.81. The van der Waals surface area contributed by atoms with Gasteiger partial charge in [-0.15, -0.1) is 0 Å². The highest BCUT2D eigenvalue weighted by Crippen LogP contribution is 2.34. The molecule has 1 aromatic rings. The zero-order valence-corrected chi connectivity index (χ0v) is 13.3. The van der Waals surface area contributed by atoms with Crippen LogP contribution in [0.1, 0.15) is 26.7 Å². The number of para-hydroxylation sites is 2. The topological polar surface area (TPSA) is 76.1 Å². The average Bonchev–Trinajstić information content (AvgIpc) is 2.53. The van der Waals surface area contributed by atoms with Gasteiger partial charge in [-0.1, -0.05) is 19.1 Å². The van der Waals surface area contributed by atoms with Gasteiger partial charge in [0.15, 0.2) is 11.5 Å². The van der Waals surface area contributed by atoms with Crippen LogP contribution in [0.2, 0.25) is 0 Å². The van der Waals surface area contributed by atoms with E-state index in [-0.39, 0.29) is 5.91 Å². The minimum absolute atomic E-state index is 0.293. The monoisotopic (exact) mass is 319 g/mol. The van der Waals surface area contributed by atoms with Gasteiger partial charge in [-0.05, 0) is 37.8 Å². The highest BCUT2D eigenvalue weighted by Gasteiger charge is 2.42. The van der Waals surface area contributed by atoms with Crippen LogP contribution in [-0.2, 0) is 9.59 Å². The van der Waals surface area contributed by atoms with Crippen LogP contribution in [0.4, 0.5) is 0 Å². The van der Waals surface area contributed by atoms with E-state index in [0.29, 0.717) is 30.4 Å². The maximum atomic E-state index is 12.9. The van der Waals surface area contributed by atoms with Gasteiger partial charge in [-0.25, -0.2) is 4.79 Å². The minimum Gasteiger partial charge on any atom is -0.482 e. The largest absolute Gasteiger partial charge is 0.482 e. The first kappa shape index (κ1) is 15.6. The van der Waals surface area contributed by atoms with Crippen molar-refractivity contribution in [3.8, 4) is 11.5 Å². The molecule has 124 valence electrons. The number of hydrogen-bond acceptors (Lipinski definition) is 4. The van der Waals surface area contributed by atoms with E-state index in [1.54, 1.807) is 19.1 Å². The molecule has 2 aliphatic rings. The number of hydrogen-bond donors (Lipinski definition) is 1. The molecule has 0 bridgehead atoms. The quantitative estimate of drug-likeness (QED) is 0.901. The number of fused-ring (bicyclic) bond motifs is 1. The molecule has 1 amide bonds. The van der Waals surface area contributed by atoms with Crippen LogP contribution < -0.4 is 9.47 Å². The fourth-order valence-electron chi connectivity index (χ4n) is 3.19. The SMILES string of the molecule is CC1CCN(C(=O)C2Oc3ccccc3OC2C)C(C(=O)O)C1. The molecule has 0 radical (unpaired) electrons. The molecule has 1 fully saturated rings. The van der Waals surface area contributed by atoms with Crippen LogP contribution >= 0.6 is 0 Å². The third-order valence-corrected chi connectivity index (χ3v) is 4.52. The number of carboxylic acids is 1. The Bertz CT molecular complexity index is 617. The molecule has 0 saturated carbocycles. The van der Waals surface area contributed by atoms with Gasteiger partial charge in [-0.3, -0.25) is 4.79 Å². The van der Waals surface area contributed by atoms with Crippen molar-refractivity contribution in [2.75, 3.05) is 6.54 Å². The van der Waals surface area contributed by atoms with Gasteiger partial charge in [0.2, 0.25) is 6.10 Å². The number of carboxylic acid groups (broad SMARTS) is 1. The highest BCUT2D eigenvalue weighted by molar-refractivity contribution is 5.87. The van der Waals surface area contributed by atoms with Gasteiger partial charge in [0.25, 0.3) is 5.91 Å². The van der Waals surface area contributed by atoms with E-state index in [1.165, 1.54) is 4.90 Å². The Morgan fingerprint density at radius 2 is 1.83 bits per heavy atom. The number of piperidine rings is 1. The zero-order valence-electron chi connectivity index (χ0n) is 13.3. The van der Waals surface area contributed by atoms with Crippen LogP contribution in [0, 0.1) is 5.92 Å². The summed E-state index contributed by atoms with van der Waals surface area (Å²) in [6.45, 7) is 4.21.